The predicted molar refractivity (Wildman–Crippen MR) is 94.7 cm³/mol. The highest BCUT2D eigenvalue weighted by Gasteiger charge is 2.26. The number of aromatic nitrogens is 1. The van der Waals surface area contributed by atoms with E-state index in [1.165, 1.54) is 36.0 Å². The Kier molecular flexibility index (Phi) is 5.38. The fourth-order valence-electron chi connectivity index (χ4n) is 2.39. The van der Waals surface area contributed by atoms with Crippen molar-refractivity contribution in [3.8, 4) is 5.75 Å². The molecule has 1 unspecified atom stereocenters. The summed E-state index contributed by atoms with van der Waals surface area (Å²) in [4.78, 5) is 2.56. The van der Waals surface area contributed by atoms with Gasteiger partial charge in [0.25, 0.3) is 10.0 Å². The number of nitrogens with zero attached hydrogens (tertiary/aromatic N) is 1. The molecule has 0 aliphatic rings. The van der Waals surface area contributed by atoms with Gasteiger partial charge in [0.15, 0.2) is 10.7 Å². The van der Waals surface area contributed by atoms with Gasteiger partial charge in [-0.2, -0.15) is 0 Å². The summed E-state index contributed by atoms with van der Waals surface area (Å²) < 4.78 is 74.3. The molecule has 142 valence electrons. The molecule has 0 aliphatic heterocycles. The van der Waals surface area contributed by atoms with Crippen LogP contribution >= 0.6 is 11.3 Å². The zero-order valence-corrected chi connectivity index (χ0v) is 15.5. The van der Waals surface area contributed by atoms with Gasteiger partial charge in [0.1, 0.15) is 29.3 Å². The molecule has 0 aliphatic carbocycles. The van der Waals surface area contributed by atoms with Gasteiger partial charge in [0.05, 0.1) is 5.51 Å². The van der Waals surface area contributed by atoms with Crippen molar-refractivity contribution >= 4 is 27.2 Å². The minimum Gasteiger partial charge on any atom is -0.486 e. The van der Waals surface area contributed by atoms with Gasteiger partial charge in [0, 0.05) is 23.1 Å². The fraction of sp³-hybridized carbons (Fsp3) is 0.118. The number of sulfonamides is 1. The third kappa shape index (κ3) is 4.22. The molecule has 27 heavy (non-hydrogen) atoms. The molecule has 1 heterocycles. The Labute approximate surface area is 157 Å². The molecule has 2 aromatic carbocycles. The van der Waals surface area contributed by atoms with Crippen LogP contribution in [0.3, 0.4) is 0 Å². The molecule has 10 heteroatoms. The highest BCUT2D eigenvalue weighted by molar-refractivity contribution is 7.92. The molecule has 0 saturated heterocycles. The Morgan fingerprint density at radius 3 is 2.37 bits per heavy atom. The van der Waals surface area contributed by atoms with Crippen LogP contribution < -0.4 is 9.46 Å². The zero-order valence-electron chi connectivity index (χ0n) is 13.8. The molecule has 0 saturated carbocycles. The summed E-state index contributed by atoms with van der Waals surface area (Å²) in [5.74, 6) is -3.53. The van der Waals surface area contributed by atoms with Crippen LogP contribution in [0.15, 0.2) is 52.2 Å². The van der Waals surface area contributed by atoms with E-state index >= 15 is 0 Å². The van der Waals surface area contributed by atoms with Gasteiger partial charge in [-0.25, -0.2) is 26.6 Å². The Morgan fingerprint density at radius 1 is 1.11 bits per heavy atom. The van der Waals surface area contributed by atoms with Gasteiger partial charge >= 0.3 is 0 Å². The quantitative estimate of drug-likeness (QED) is 0.645. The molecule has 0 amide bonds. The Bertz CT molecular complexity index is 1030. The normalized spacial score (nSPS) is 12.6. The highest BCUT2D eigenvalue weighted by atomic mass is 32.2. The molecular weight excluding hydrogens is 401 g/mol. The van der Waals surface area contributed by atoms with Crippen molar-refractivity contribution in [2.75, 3.05) is 4.72 Å². The maximum Gasteiger partial charge on any atom is 0.268 e. The van der Waals surface area contributed by atoms with Crippen LogP contribution in [0.2, 0.25) is 0 Å². The van der Waals surface area contributed by atoms with Crippen LogP contribution in [0, 0.1) is 17.5 Å². The third-order valence-corrected chi connectivity index (χ3v) is 5.56. The number of ether oxygens (including phenoxy) is 1. The molecule has 1 aromatic heterocycles. The van der Waals surface area contributed by atoms with Crippen molar-refractivity contribution in [3.05, 3.63) is 70.3 Å². The molecular formula is C17H13F3N2O3S2. The first-order chi connectivity index (χ1) is 12.8. The molecule has 0 spiro atoms. The van der Waals surface area contributed by atoms with Crippen LogP contribution in [0.1, 0.15) is 18.6 Å². The highest BCUT2D eigenvalue weighted by Crippen LogP contribution is 2.29. The fourth-order valence-corrected chi connectivity index (χ4v) is 4.06. The molecule has 1 N–H and O–H groups in total. The van der Waals surface area contributed by atoms with E-state index < -0.39 is 38.5 Å². The average Bonchev–Trinajstić information content (AvgIpc) is 3.06. The number of rotatable bonds is 6. The number of benzene rings is 2. The van der Waals surface area contributed by atoms with Crippen LogP contribution in [-0.2, 0) is 10.0 Å². The van der Waals surface area contributed by atoms with E-state index in [1.807, 2.05) is 4.72 Å². The molecule has 0 radical (unpaired) electrons. The second-order valence-corrected chi connectivity index (χ2v) is 7.81. The number of halogens is 3. The standard InChI is InChI=1S/C17H13F3N2O3S2/c1-10(12-4-2-3-5-13(12)18)25-11-6-14(19)17(15(20)7-11)27(23,24)22-16-8-26-9-21-16/h2-10,22H,1H3. The summed E-state index contributed by atoms with van der Waals surface area (Å²) in [5.41, 5.74) is 1.56. The minimum atomic E-state index is -4.52. The van der Waals surface area contributed by atoms with Crippen molar-refractivity contribution in [1.29, 1.82) is 0 Å². The van der Waals surface area contributed by atoms with Crippen molar-refractivity contribution in [1.82, 2.24) is 4.98 Å². The Morgan fingerprint density at radius 2 is 1.78 bits per heavy atom. The topological polar surface area (TPSA) is 68.3 Å². The van der Waals surface area contributed by atoms with Crippen LogP contribution in [-0.4, -0.2) is 13.4 Å². The van der Waals surface area contributed by atoms with E-state index in [-0.39, 0.29) is 17.1 Å². The van der Waals surface area contributed by atoms with E-state index in [2.05, 4.69) is 4.98 Å². The second-order valence-electron chi connectivity index (χ2n) is 5.48. The van der Waals surface area contributed by atoms with Gasteiger partial charge in [-0.3, -0.25) is 4.72 Å². The Balaban J connectivity index is 1.88. The van der Waals surface area contributed by atoms with Gasteiger partial charge < -0.3 is 4.74 Å². The number of nitrogens with one attached hydrogen (secondary N) is 1. The lowest BCUT2D eigenvalue weighted by atomic mass is 10.1. The van der Waals surface area contributed by atoms with Crippen LogP contribution in [0.5, 0.6) is 5.75 Å². The SMILES string of the molecule is CC(Oc1cc(F)c(S(=O)(=O)Nc2cscn2)c(F)c1)c1ccccc1F. The lowest BCUT2D eigenvalue weighted by molar-refractivity contribution is 0.219. The molecule has 0 bridgehead atoms. The summed E-state index contributed by atoms with van der Waals surface area (Å²) in [6, 6.07) is 7.27. The van der Waals surface area contributed by atoms with Gasteiger partial charge in [0.2, 0.25) is 0 Å². The summed E-state index contributed by atoms with van der Waals surface area (Å²) in [6.45, 7) is 1.50. The predicted octanol–water partition coefficient (Wildman–Crippen LogP) is 4.50. The molecule has 1 atom stereocenters. The lowest BCUT2D eigenvalue weighted by Gasteiger charge is -2.17. The first-order valence-electron chi connectivity index (χ1n) is 7.59. The zero-order chi connectivity index (χ0) is 19.6. The van der Waals surface area contributed by atoms with Crippen molar-refractivity contribution in [3.63, 3.8) is 0 Å². The van der Waals surface area contributed by atoms with E-state index in [0.717, 1.165) is 23.5 Å². The van der Waals surface area contributed by atoms with E-state index in [9.17, 15) is 21.6 Å². The summed E-state index contributed by atoms with van der Waals surface area (Å²) in [6.07, 6.45) is -0.847. The number of anilines is 1. The van der Waals surface area contributed by atoms with Gasteiger partial charge in [-0.15, -0.1) is 11.3 Å². The first-order valence-corrected chi connectivity index (χ1v) is 10.0. The third-order valence-electron chi connectivity index (χ3n) is 3.57. The number of hydrogen-bond donors (Lipinski definition) is 1. The molecule has 5 nitrogen and oxygen atoms in total. The van der Waals surface area contributed by atoms with Crippen molar-refractivity contribution < 1.29 is 26.3 Å². The largest absolute Gasteiger partial charge is 0.486 e. The smallest absolute Gasteiger partial charge is 0.268 e. The van der Waals surface area contributed by atoms with Crippen LogP contribution in [0.4, 0.5) is 19.0 Å². The lowest BCUT2D eigenvalue weighted by Crippen LogP contribution is -2.17. The molecule has 0 fully saturated rings. The number of hydrogen-bond acceptors (Lipinski definition) is 5. The summed E-state index contributed by atoms with van der Waals surface area (Å²) in [7, 11) is -4.52. The maximum atomic E-state index is 14.3. The Hall–Kier alpha value is -2.59. The van der Waals surface area contributed by atoms with E-state index in [4.69, 9.17) is 4.74 Å². The monoisotopic (exact) mass is 414 g/mol. The second kappa shape index (κ2) is 7.57. The van der Waals surface area contributed by atoms with Crippen molar-refractivity contribution in [2.24, 2.45) is 0 Å². The van der Waals surface area contributed by atoms with E-state index in [1.54, 1.807) is 6.07 Å². The molecule has 3 rings (SSSR count). The number of thiazole rings is 1. The minimum absolute atomic E-state index is 0.0488. The molecule has 3 aromatic rings. The average molecular weight is 414 g/mol. The first kappa shape index (κ1) is 19.2. The van der Waals surface area contributed by atoms with E-state index in [0.29, 0.717) is 0 Å². The summed E-state index contributed by atoms with van der Waals surface area (Å²) >= 11 is 1.12. The van der Waals surface area contributed by atoms with Gasteiger partial charge in [-0.1, -0.05) is 18.2 Å². The van der Waals surface area contributed by atoms with Gasteiger partial charge in [-0.05, 0) is 13.0 Å². The van der Waals surface area contributed by atoms with Crippen LogP contribution in [0.25, 0.3) is 0 Å². The van der Waals surface area contributed by atoms with Crippen molar-refractivity contribution in [2.45, 2.75) is 17.9 Å². The summed E-state index contributed by atoms with van der Waals surface area (Å²) in [5, 5.41) is 1.38. The maximum absolute atomic E-state index is 14.3.